The summed E-state index contributed by atoms with van der Waals surface area (Å²) in [6.07, 6.45) is 1.83. The number of benzene rings is 1. The van der Waals surface area contributed by atoms with Gasteiger partial charge in [-0.05, 0) is 31.0 Å². The highest BCUT2D eigenvalue weighted by molar-refractivity contribution is 5.78. The first-order chi connectivity index (χ1) is 9.20. The van der Waals surface area contributed by atoms with Gasteiger partial charge in [0.1, 0.15) is 5.75 Å². The van der Waals surface area contributed by atoms with E-state index in [-0.39, 0.29) is 11.8 Å². The van der Waals surface area contributed by atoms with E-state index in [9.17, 15) is 4.79 Å². The minimum absolute atomic E-state index is 0.0316. The Morgan fingerprint density at radius 1 is 1.58 bits per heavy atom. The van der Waals surface area contributed by atoms with Crippen LogP contribution in [0.25, 0.3) is 0 Å². The number of anilines is 1. The lowest BCUT2D eigenvalue weighted by Gasteiger charge is -2.21. The molecule has 0 spiro atoms. The molecule has 1 aliphatic rings. The van der Waals surface area contributed by atoms with Gasteiger partial charge in [-0.15, -0.1) is 0 Å². The van der Waals surface area contributed by atoms with E-state index >= 15 is 0 Å². The first-order valence-electron chi connectivity index (χ1n) is 6.48. The van der Waals surface area contributed by atoms with Crippen LogP contribution in [0.4, 0.5) is 5.69 Å². The van der Waals surface area contributed by atoms with E-state index in [0.29, 0.717) is 18.8 Å². The molecule has 0 radical (unpaired) electrons. The standard InChI is InChI=1S/C14H20N2O3/c1-18-13-5-4-12(15)7-11(13)8-16-14(17)10-3-2-6-19-9-10/h4-5,7,10H,2-3,6,8-9,15H2,1H3,(H,16,17). The molecule has 2 rings (SSSR count). The zero-order valence-corrected chi connectivity index (χ0v) is 11.1. The molecule has 1 saturated heterocycles. The van der Waals surface area contributed by atoms with E-state index in [4.69, 9.17) is 15.2 Å². The first-order valence-corrected chi connectivity index (χ1v) is 6.48. The van der Waals surface area contributed by atoms with Crippen LogP contribution in [0.1, 0.15) is 18.4 Å². The third-order valence-electron chi connectivity index (χ3n) is 3.29. The molecular weight excluding hydrogens is 244 g/mol. The summed E-state index contributed by atoms with van der Waals surface area (Å²) in [5.74, 6) is 0.722. The van der Waals surface area contributed by atoms with Crippen LogP contribution in [0.15, 0.2) is 18.2 Å². The zero-order valence-electron chi connectivity index (χ0n) is 11.1. The summed E-state index contributed by atoms with van der Waals surface area (Å²) in [7, 11) is 1.60. The number of methoxy groups -OCH3 is 1. The smallest absolute Gasteiger partial charge is 0.225 e. The summed E-state index contributed by atoms with van der Waals surface area (Å²) in [6, 6.07) is 5.40. The Morgan fingerprint density at radius 2 is 2.42 bits per heavy atom. The topological polar surface area (TPSA) is 73.6 Å². The number of ether oxygens (including phenoxy) is 2. The average molecular weight is 264 g/mol. The second-order valence-electron chi connectivity index (χ2n) is 4.70. The Labute approximate surface area is 113 Å². The number of rotatable bonds is 4. The zero-order chi connectivity index (χ0) is 13.7. The molecule has 1 unspecified atom stereocenters. The Kier molecular flexibility index (Phi) is 4.63. The lowest BCUT2D eigenvalue weighted by atomic mass is 10.0. The van der Waals surface area contributed by atoms with E-state index < -0.39 is 0 Å². The van der Waals surface area contributed by atoms with Gasteiger partial charge in [0.2, 0.25) is 5.91 Å². The Hall–Kier alpha value is -1.75. The van der Waals surface area contributed by atoms with E-state index in [1.54, 1.807) is 19.2 Å². The maximum atomic E-state index is 12.0. The summed E-state index contributed by atoms with van der Waals surface area (Å²) in [4.78, 5) is 12.0. The molecule has 1 aromatic rings. The second-order valence-corrected chi connectivity index (χ2v) is 4.70. The van der Waals surface area contributed by atoms with Crippen LogP contribution < -0.4 is 15.8 Å². The van der Waals surface area contributed by atoms with Crippen LogP contribution in [0, 0.1) is 5.92 Å². The molecule has 0 saturated carbocycles. The van der Waals surface area contributed by atoms with Gasteiger partial charge >= 0.3 is 0 Å². The number of nitrogen functional groups attached to an aromatic ring is 1. The summed E-state index contributed by atoms with van der Waals surface area (Å²) in [6.45, 7) is 1.69. The lowest BCUT2D eigenvalue weighted by molar-refractivity contribution is -0.129. The number of nitrogens with one attached hydrogen (secondary N) is 1. The maximum Gasteiger partial charge on any atom is 0.225 e. The number of nitrogens with two attached hydrogens (primary N) is 1. The first kappa shape index (κ1) is 13.7. The van der Waals surface area contributed by atoms with Crippen molar-refractivity contribution >= 4 is 11.6 Å². The number of carbonyl (C=O) groups excluding carboxylic acids is 1. The Balaban J connectivity index is 1.94. The predicted octanol–water partition coefficient (Wildman–Crippen LogP) is 1.32. The molecule has 5 nitrogen and oxygen atoms in total. The molecular formula is C14H20N2O3. The molecule has 5 heteroatoms. The van der Waals surface area contributed by atoms with Gasteiger partial charge in [-0.2, -0.15) is 0 Å². The van der Waals surface area contributed by atoms with E-state index in [0.717, 1.165) is 30.8 Å². The minimum Gasteiger partial charge on any atom is -0.496 e. The van der Waals surface area contributed by atoms with E-state index in [1.807, 2.05) is 6.07 Å². The number of carbonyl (C=O) groups is 1. The predicted molar refractivity (Wildman–Crippen MR) is 72.8 cm³/mol. The van der Waals surface area contributed by atoms with Crippen molar-refractivity contribution in [2.45, 2.75) is 19.4 Å². The fraction of sp³-hybridized carbons (Fsp3) is 0.500. The van der Waals surface area contributed by atoms with Crippen molar-refractivity contribution in [1.82, 2.24) is 5.32 Å². The Bertz CT molecular complexity index is 442. The molecule has 0 aromatic heterocycles. The molecule has 1 aromatic carbocycles. The third-order valence-corrected chi connectivity index (χ3v) is 3.29. The van der Waals surface area contributed by atoms with Crippen LogP contribution >= 0.6 is 0 Å². The van der Waals surface area contributed by atoms with Crippen LogP contribution in [0.5, 0.6) is 5.75 Å². The highest BCUT2D eigenvalue weighted by Crippen LogP contribution is 2.21. The van der Waals surface area contributed by atoms with Crippen LogP contribution in [0.3, 0.4) is 0 Å². The quantitative estimate of drug-likeness (QED) is 0.804. The molecule has 0 aliphatic carbocycles. The summed E-state index contributed by atoms with van der Waals surface area (Å²) in [5.41, 5.74) is 7.28. The molecule has 104 valence electrons. The van der Waals surface area contributed by atoms with Crippen molar-refractivity contribution in [3.63, 3.8) is 0 Å². The summed E-state index contributed by atoms with van der Waals surface area (Å²) >= 11 is 0. The normalized spacial score (nSPS) is 18.9. The van der Waals surface area contributed by atoms with Crippen molar-refractivity contribution in [3.05, 3.63) is 23.8 Å². The second kappa shape index (κ2) is 6.43. The van der Waals surface area contributed by atoms with Crippen molar-refractivity contribution in [3.8, 4) is 5.75 Å². The SMILES string of the molecule is COc1ccc(N)cc1CNC(=O)C1CCCOC1. The fourth-order valence-corrected chi connectivity index (χ4v) is 2.21. The molecule has 0 bridgehead atoms. The lowest BCUT2D eigenvalue weighted by Crippen LogP contribution is -2.35. The van der Waals surface area contributed by atoms with Gasteiger partial charge in [-0.25, -0.2) is 0 Å². The summed E-state index contributed by atoms with van der Waals surface area (Å²) < 4.78 is 10.6. The van der Waals surface area contributed by atoms with Crippen LogP contribution in [0.2, 0.25) is 0 Å². The van der Waals surface area contributed by atoms with Gasteiger partial charge in [-0.3, -0.25) is 4.79 Å². The van der Waals surface area contributed by atoms with Crippen LogP contribution in [-0.2, 0) is 16.1 Å². The monoisotopic (exact) mass is 264 g/mol. The van der Waals surface area contributed by atoms with Gasteiger partial charge in [0.15, 0.2) is 0 Å². The molecule has 1 amide bonds. The molecule has 1 aliphatic heterocycles. The molecule has 3 N–H and O–H groups in total. The average Bonchev–Trinajstić information content (AvgIpc) is 2.46. The molecule has 19 heavy (non-hydrogen) atoms. The summed E-state index contributed by atoms with van der Waals surface area (Å²) in [5, 5.41) is 2.92. The van der Waals surface area contributed by atoms with Crippen molar-refractivity contribution in [2.75, 3.05) is 26.1 Å². The van der Waals surface area contributed by atoms with E-state index in [1.165, 1.54) is 0 Å². The minimum atomic E-state index is -0.0409. The van der Waals surface area contributed by atoms with Gasteiger partial charge in [0.05, 0.1) is 19.6 Å². The highest BCUT2D eigenvalue weighted by atomic mass is 16.5. The van der Waals surface area contributed by atoms with Crippen molar-refractivity contribution in [1.29, 1.82) is 0 Å². The number of hydrogen-bond donors (Lipinski definition) is 2. The van der Waals surface area contributed by atoms with E-state index in [2.05, 4.69) is 5.32 Å². The van der Waals surface area contributed by atoms with Gasteiger partial charge in [-0.1, -0.05) is 0 Å². The molecule has 1 atom stereocenters. The fourth-order valence-electron chi connectivity index (χ4n) is 2.21. The van der Waals surface area contributed by atoms with Crippen LogP contribution in [-0.4, -0.2) is 26.2 Å². The van der Waals surface area contributed by atoms with Gasteiger partial charge < -0.3 is 20.5 Å². The van der Waals surface area contributed by atoms with Crippen molar-refractivity contribution in [2.24, 2.45) is 5.92 Å². The maximum absolute atomic E-state index is 12.0. The Morgan fingerprint density at radius 3 is 3.11 bits per heavy atom. The van der Waals surface area contributed by atoms with Gasteiger partial charge in [0, 0.05) is 24.4 Å². The number of hydrogen-bond acceptors (Lipinski definition) is 4. The largest absolute Gasteiger partial charge is 0.496 e. The number of amides is 1. The van der Waals surface area contributed by atoms with Crippen molar-refractivity contribution < 1.29 is 14.3 Å². The van der Waals surface area contributed by atoms with Gasteiger partial charge in [0.25, 0.3) is 0 Å². The highest BCUT2D eigenvalue weighted by Gasteiger charge is 2.21. The molecule has 1 fully saturated rings. The third kappa shape index (κ3) is 3.61. The molecule has 1 heterocycles.